The van der Waals surface area contributed by atoms with Gasteiger partial charge in [-0.1, -0.05) is 373 Å². The molecule has 0 amide bonds. The van der Waals surface area contributed by atoms with Crippen molar-refractivity contribution in [2.75, 3.05) is 47.5 Å². The van der Waals surface area contributed by atoms with E-state index in [1.54, 1.807) is 0 Å². The fourth-order valence-electron chi connectivity index (χ4n) is 11.7. The zero-order chi connectivity index (χ0) is 71.1. The van der Waals surface area contributed by atoms with Gasteiger partial charge < -0.3 is 27.9 Å². The van der Waals surface area contributed by atoms with Gasteiger partial charge in [0.1, 0.15) is 19.8 Å². The van der Waals surface area contributed by atoms with E-state index in [9.17, 15) is 19.0 Å². The number of hydrogen-bond acceptors (Lipinski definition) is 8. The third-order valence-corrected chi connectivity index (χ3v) is 18.9. The number of phosphoric ester groups is 1. The molecule has 0 aromatic carbocycles. The molecule has 0 aliphatic heterocycles. The van der Waals surface area contributed by atoms with Crippen LogP contribution in [0.3, 0.4) is 0 Å². The number of hydrogen-bond donors (Lipinski definition) is 0. The molecule has 0 aromatic heterocycles. The summed E-state index contributed by atoms with van der Waals surface area (Å²) in [6, 6.07) is 0. The fraction of sp³-hybridized carbons (Fsp3) is 0.750. The molecule has 98 heavy (non-hydrogen) atoms. The molecule has 2 atom stereocenters. The Morgan fingerprint density at radius 3 is 0.878 bits per heavy atom. The number of phosphoric acid groups is 1. The molecule has 0 aliphatic carbocycles. The minimum atomic E-state index is -4.65. The number of nitrogens with zero attached hydrogens (tertiary/aromatic N) is 1. The van der Waals surface area contributed by atoms with Crippen molar-refractivity contribution in [2.24, 2.45) is 0 Å². The van der Waals surface area contributed by atoms with Crippen molar-refractivity contribution >= 4 is 19.8 Å². The van der Waals surface area contributed by atoms with Crippen molar-refractivity contribution in [1.29, 1.82) is 0 Å². The molecule has 2 unspecified atom stereocenters. The summed E-state index contributed by atoms with van der Waals surface area (Å²) >= 11 is 0. The van der Waals surface area contributed by atoms with Crippen LogP contribution in [0.4, 0.5) is 0 Å². The molecule has 0 saturated carbocycles. The highest BCUT2D eigenvalue weighted by molar-refractivity contribution is 7.45. The predicted octanol–water partition coefficient (Wildman–Crippen LogP) is 27.1. The molecule has 0 saturated heterocycles. The van der Waals surface area contributed by atoms with Crippen molar-refractivity contribution < 1.29 is 42.1 Å². The molecule has 0 heterocycles. The van der Waals surface area contributed by atoms with E-state index in [0.717, 1.165) is 103 Å². The Morgan fingerprint density at radius 2 is 0.582 bits per heavy atom. The van der Waals surface area contributed by atoms with Gasteiger partial charge >= 0.3 is 11.9 Å². The molecule has 0 fully saturated rings. The summed E-state index contributed by atoms with van der Waals surface area (Å²) < 4.78 is 34.4. The van der Waals surface area contributed by atoms with Gasteiger partial charge in [0.15, 0.2) is 6.10 Å². The van der Waals surface area contributed by atoms with Crippen molar-refractivity contribution in [3.05, 3.63) is 122 Å². The van der Waals surface area contributed by atoms with Crippen LogP contribution in [0.1, 0.15) is 373 Å². The largest absolute Gasteiger partial charge is 0.756 e. The lowest BCUT2D eigenvalue weighted by molar-refractivity contribution is -0.870. The summed E-state index contributed by atoms with van der Waals surface area (Å²) in [5.74, 6) is -0.831. The summed E-state index contributed by atoms with van der Waals surface area (Å²) in [6.07, 6.45) is 112. The molecule has 0 radical (unpaired) electrons. The smallest absolute Gasteiger partial charge is 0.306 e. The molecule has 566 valence electrons. The van der Waals surface area contributed by atoms with Gasteiger partial charge in [-0.3, -0.25) is 14.2 Å². The first-order valence-corrected chi connectivity index (χ1v) is 42.7. The third-order valence-electron chi connectivity index (χ3n) is 18.0. The van der Waals surface area contributed by atoms with Gasteiger partial charge in [-0.2, -0.15) is 0 Å². The first-order valence-electron chi connectivity index (χ1n) is 41.2. The first kappa shape index (κ1) is 94.4. The van der Waals surface area contributed by atoms with Crippen LogP contribution in [0.2, 0.25) is 0 Å². The average Bonchev–Trinajstić information content (AvgIpc) is 1.08. The maximum Gasteiger partial charge on any atom is 0.306 e. The quantitative estimate of drug-likeness (QED) is 0.0195. The third kappa shape index (κ3) is 81.4. The van der Waals surface area contributed by atoms with Gasteiger partial charge in [0.25, 0.3) is 7.82 Å². The lowest BCUT2D eigenvalue weighted by Gasteiger charge is -2.28. The van der Waals surface area contributed by atoms with E-state index in [1.807, 2.05) is 21.1 Å². The number of rotatable bonds is 76. The van der Waals surface area contributed by atoms with Crippen molar-refractivity contribution in [2.45, 2.75) is 380 Å². The highest BCUT2D eigenvalue weighted by atomic mass is 31.2. The summed E-state index contributed by atoms with van der Waals surface area (Å²) in [4.78, 5) is 38.2. The normalized spacial score (nSPS) is 13.7. The van der Waals surface area contributed by atoms with Gasteiger partial charge in [0.05, 0.1) is 27.7 Å². The van der Waals surface area contributed by atoms with E-state index < -0.39 is 26.5 Å². The summed E-state index contributed by atoms with van der Waals surface area (Å²) in [7, 11) is 1.16. The van der Waals surface area contributed by atoms with Crippen LogP contribution in [0.25, 0.3) is 0 Å². The van der Waals surface area contributed by atoms with Gasteiger partial charge in [0.2, 0.25) is 0 Å². The minimum absolute atomic E-state index is 0.0355. The van der Waals surface area contributed by atoms with Crippen molar-refractivity contribution in [1.82, 2.24) is 0 Å². The summed E-state index contributed by atoms with van der Waals surface area (Å²) in [5, 5.41) is 0. The number of carbonyl (C=O) groups is 2. The number of unbranched alkanes of at least 4 members (excludes halogenated alkanes) is 42. The maximum atomic E-state index is 12.9. The number of likely N-dealkylation sites (N-methyl/N-ethyl adjacent to an activating group) is 1. The van der Waals surface area contributed by atoms with E-state index in [4.69, 9.17) is 18.5 Å². The second-order valence-electron chi connectivity index (χ2n) is 28.8. The predicted molar refractivity (Wildman–Crippen MR) is 425 cm³/mol. The highest BCUT2D eigenvalue weighted by Gasteiger charge is 2.22. The zero-order valence-electron chi connectivity index (χ0n) is 64.7. The lowest BCUT2D eigenvalue weighted by Crippen LogP contribution is -2.37. The molecule has 10 heteroatoms. The van der Waals surface area contributed by atoms with E-state index >= 15 is 0 Å². The van der Waals surface area contributed by atoms with Crippen LogP contribution < -0.4 is 4.89 Å². The van der Waals surface area contributed by atoms with E-state index in [0.29, 0.717) is 17.4 Å². The van der Waals surface area contributed by atoms with Gasteiger partial charge in [0, 0.05) is 12.8 Å². The standard InChI is InChI=1S/C88H156NO8P/c1-6-8-10-12-14-16-18-20-22-24-26-28-30-32-34-36-38-40-42-44-46-48-50-52-54-56-58-60-62-64-66-68-70-72-74-76-78-80-87(90)94-84-86(85-96-98(92,93)95-83-82-89(3,4)5)97-88(91)81-79-77-75-73-71-69-67-65-63-61-59-57-55-53-51-49-47-45-43-41-39-37-35-33-31-29-27-25-23-21-19-17-15-13-11-9-7-2/h9,11,15,17,21,23-24,26-27,29,33,35,39,41,45,47,51,53,57,59,86H,6-8,10,12-14,16,18-20,22,25,28,30-32,34,36-38,40,42-44,46,48-50,52,54-56,58,60-85H2,1-5H3/b11-9-,17-15-,23-21-,26-24-,29-27-,35-33-,41-39-,47-45-,53-51-,59-57-. The monoisotopic (exact) mass is 1390 g/mol. The Morgan fingerprint density at radius 1 is 0.327 bits per heavy atom. The first-order chi connectivity index (χ1) is 48.0. The Kier molecular flexibility index (Phi) is 74.7. The van der Waals surface area contributed by atoms with Gasteiger partial charge in [-0.05, 0) is 109 Å². The maximum absolute atomic E-state index is 12.9. The van der Waals surface area contributed by atoms with Crippen LogP contribution >= 0.6 is 7.82 Å². The van der Waals surface area contributed by atoms with Crippen LogP contribution in [-0.4, -0.2) is 70.0 Å². The van der Waals surface area contributed by atoms with Crippen LogP contribution in [0.5, 0.6) is 0 Å². The Labute approximate surface area is 607 Å². The number of carbonyl (C=O) groups excluding carboxylic acids is 2. The molecule has 0 N–H and O–H groups in total. The Balaban J connectivity index is 3.98. The Hall–Kier alpha value is -3.59. The van der Waals surface area contributed by atoms with Crippen LogP contribution in [-0.2, 0) is 32.7 Å². The molecule has 9 nitrogen and oxygen atoms in total. The van der Waals surface area contributed by atoms with Crippen LogP contribution in [0, 0.1) is 0 Å². The molecule has 0 rings (SSSR count). The average molecular weight is 1390 g/mol. The van der Waals surface area contributed by atoms with E-state index in [-0.39, 0.29) is 32.0 Å². The van der Waals surface area contributed by atoms with Gasteiger partial charge in [-0.25, -0.2) is 0 Å². The highest BCUT2D eigenvalue weighted by Crippen LogP contribution is 2.38. The van der Waals surface area contributed by atoms with Crippen LogP contribution in [0.15, 0.2) is 122 Å². The molecule has 0 bridgehead atoms. The second-order valence-corrected chi connectivity index (χ2v) is 30.2. The zero-order valence-corrected chi connectivity index (χ0v) is 65.6. The fourth-order valence-corrected chi connectivity index (χ4v) is 12.4. The molecule has 0 aliphatic rings. The van der Waals surface area contributed by atoms with E-state index in [2.05, 4.69) is 135 Å². The minimum Gasteiger partial charge on any atom is -0.756 e. The topological polar surface area (TPSA) is 111 Å². The second kappa shape index (κ2) is 77.6. The Bertz CT molecular complexity index is 2070. The number of quaternary nitrogens is 1. The molecule has 0 spiro atoms. The summed E-state index contributed by atoms with van der Waals surface area (Å²) in [5.41, 5.74) is 0. The molecule has 0 aromatic rings. The number of allylic oxidation sites excluding steroid dienone is 20. The molecular formula is C88H156NO8P. The molecular weight excluding hydrogens is 1230 g/mol. The SMILES string of the molecule is CC/C=C\C/C=C\C/C=C\C/C=C\C/C=C\C/C=C\C/C=C\C/C=C\C/C=C\CCCCCCCCCCCC(=O)OC(COC(=O)CCCCCCCCCCCCCCCCCCCCCCCCCCC/C=C\CCCCCCCCCC)COP(=O)([O-])OCC[N+](C)(C)C. The van der Waals surface area contributed by atoms with Gasteiger partial charge in [-0.15, -0.1) is 0 Å². The number of esters is 2. The van der Waals surface area contributed by atoms with E-state index in [1.165, 1.54) is 238 Å². The summed E-state index contributed by atoms with van der Waals surface area (Å²) in [6.45, 7) is 4.16. The number of ether oxygens (including phenoxy) is 2. The lowest BCUT2D eigenvalue weighted by atomic mass is 10.0. The van der Waals surface area contributed by atoms with Crippen molar-refractivity contribution in [3.63, 3.8) is 0 Å². The van der Waals surface area contributed by atoms with Crippen molar-refractivity contribution in [3.8, 4) is 0 Å².